The van der Waals surface area contributed by atoms with Crippen molar-refractivity contribution in [1.29, 1.82) is 0 Å². The number of nitrogens with zero attached hydrogens (tertiary/aromatic N) is 2. The Balaban J connectivity index is 1.55. The van der Waals surface area contributed by atoms with Crippen LogP contribution in [0, 0.1) is 11.6 Å². The highest BCUT2D eigenvalue weighted by Gasteiger charge is 2.15. The number of carbonyl (C=O) groups is 1. The lowest BCUT2D eigenvalue weighted by molar-refractivity contribution is -0.116. The lowest BCUT2D eigenvalue weighted by Gasteiger charge is -2.06. The molecule has 0 atom stereocenters. The van der Waals surface area contributed by atoms with E-state index in [4.69, 9.17) is 4.74 Å². The predicted octanol–water partition coefficient (Wildman–Crippen LogP) is 3.10. The zero-order valence-corrected chi connectivity index (χ0v) is 13.7. The minimum atomic E-state index is -0.942. The average molecular weight is 361 g/mol. The summed E-state index contributed by atoms with van der Waals surface area (Å²) in [6, 6.07) is 10.7. The van der Waals surface area contributed by atoms with Crippen molar-refractivity contribution in [1.82, 2.24) is 5.32 Å². The molecule has 0 spiro atoms. The highest BCUT2D eigenvalue weighted by atomic mass is 32.2. The summed E-state index contributed by atoms with van der Waals surface area (Å²) in [5, 5.41) is 10.9. The van der Waals surface area contributed by atoms with Gasteiger partial charge < -0.3 is 10.1 Å². The zero-order chi connectivity index (χ0) is 17.6. The quantitative estimate of drug-likeness (QED) is 0.658. The Morgan fingerprint density at radius 2 is 1.96 bits per heavy atom. The number of amidine groups is 1. The van der Waals surface area contributed by atoms with Crippen LogP contribution in [-0.2, 0) is 11.4 Å². The Labute approximate surface area is 146 Å². The van der Waals surface area contributed by atoms with Crippen molar-refractivity contribution < 1.29 is 18.3 Å². The van der Waals surface area contributed by atoms with E-state index >= 15 is 0 Å². The van der Waals surface area contributed by atoms with Crippen molar-refractivity contribution in [2.75, 3.05) is 5.75 Å². The van der Waals surface area contributed by atoms with Gasteiger partial charge >= 0.3 is 0 Å². The second-order valence-corrected chi connectivity index (χ2v) is 6.06. The van der Waals surface area contributed by atoms with Gasteiger partial charge in [0.1, 0.15) is 12.4 Å². The molecule has 1 saturated heterocycles. The van der Waals surface area contributed by atoms with Crippen LogP contribution < -0.4 is 10.1 Å². The van der Waals surface area contributed by atoms with Gasteiger partial charge in [-0.3, -0.25) is 4.79 Å². The van der Waals surface area contributed by atoms with Gasteiger partial charge in [-0.1, -0.05) is 36.0 Å². The first-order chi connectivity index (χ1) is 12.1. The van der Waals surface area contributed by atoms with Gasteiger partial charge in [0, 0.05) is 6.07 Å². The molecule has 5 nitrogen and oxygen atoms in total. The third-order valence-electron chi connectivity index (χ3n) is 3.22. The van der Waals surface area contributed by atoms with Crippen LogP contribution in [0.2, 0.25) is 0 Å². The molecule has 1 heterocycles. The number of thioether (sulfide) groups is 1. The molecule has 1 amide bonds. The molecular formula is C17H13F2N3O2S. The molecule has 2 aromatic carbocycles. The number of nitrogens with one attached hydrogen (secondary N) is 1. The van der Waals surface area contributed by atoms with Crippen LogP contribution in [-0.4, -0.2) is 23.0 Å². The molecule has 8 heteroatoms. The highest BCUT2D eigenvalue weighted by molar-refractivity contribution is 8.15. The van der Waals surface area contributed by atoms with Crippen LogP contribution in [0.1, 0.15) is 11.1 Å². The van der Waals surface area contributed by atoms with E-state index in [1.807, 2.05) is 24.3 Å². The van der Waals surface area contributed by atoms with E-state index < -0.39 is 11.6 Å². The van der Waals surface area contributed by atoms with Crippen LogP contribution in [0.15, 0.2) is 52.7 Å². The molecule has 128 valence electrons. The summed E-state index contributed by atoms with van der Waals surface area (Å²) in [7, 11) is 0. The summed E-state index contributed by atoms with van der Waals surface area (Å²) in [5.74, 6) is -1.31. The summed E-state index contributed by atoms with van der Waals surface area (Å²) in [6.07, 6.45) is 1.57. The van der Waals surface area contributed by atoms with Gasteiger partial charge in [0.25, 0.3) is 0 Å². The zero-order valence-electron chi connectivity index (χ0n) is 12.9. The molecule has 2 aromatic rings. The molecule has 1 aliphatic heterocycles. The third kappa shape index (κ3) is 4.87. The number of carbonyl (C=O) groups excluding carboxylic acids is 1. The number of benzene rings is 2. The van der Waals surface area contributed by atoms with Gasteiger partial charge in [-0.15, -0.1) is 5.10 Å². The van der Waals surface area contributed by atoms with Crippen LogP contribution in [0.3, 0.4) is 0 Å². The van der Waals surface area contributed by atoms with Crippen molar-refractivity contribution in [3.63, 3.8) is 0 Å². The monoisotopic (exact) mass is 361 g/mol. The number of rotatable bonds is 5. The fourth-order valence-corrected chi connectivity index (χ4v) is 2.59. The Kier molecular flexibility index (Phi) is 5.39. The molecule has 0 aliphatic carbocycles. The Morgan fingerprint density at radius 1 is 1.16 bits per heavy atom. The molecule has 0 radical (unpaired) electrons. The first-order valence-corrected chi connectivity index (χ1v) is 8.29. The molecule has 0 aromatic heterocycles. The second-order valence-electron chi connectivity index (χ2n) is 5.09. The van der Waals surface area contributed by atoms with E-state index in [9.17, 15) is 13.6 Å². The summed E-state index contributed by atoms with van der Waals surface area (Å²) in [4.78, 5) is 11.0. The molecule has 3 rings (SSSR count). The maximum Gasteiger partial charge on any atom is 0.236 e. The Morgan fingerprint density at radius 3 is 2.64 bits per heavy atom. The van der Waals surface area contributed by atoms with Crippen molar-refractivity contribution in [2.24, 2.45) is 10.2 Å². The molecule has 1 N–H and O–H groups in total. The second kappa shape index (κ2) is 7.89. The summed E-state index contributed by atoms with van der Waals surface area (Å²) in [6.45, 7) is 0.230. The van der Waals surface area contributed by atoms with Crippen LogP contribution in [0.5, 0.6) is 5.75 Å². The van der Waals surface area contributed by atoms with Gasteiger partial charge in [-0.25, -0.2) is 8.78 Å². The standard InChI is InChI=1S/C17H13F2N3O2S/c18-14-6-5-13(7-15(14)19)24-9-12-3-1-11(2-4-12)8-20-22-17-21-16(23)10-25-17/h1-8H,9-10H2,(H,21,22,23). The third-order valence-corrected chi connectivity index (χ3v) is 4.08. The smallest absolute Gasteiger partial charge is 0.236 e. The number of halogens is 2. The highest BCUT2D eigenvalue weighted by Crippen LogP contribution is 2.17. The average Bonchev–Trinajstić information content (AvgIpc) is 3.02. The van der Waals surface area contributed by atoms with Gasteiger partial charge in [0.05, 0.1) is 12.0 Å². The van der Waals surface area contributed by atoms with E-state index in [2.05, 4.69) is 15.5 Å². The minimum absolute atomic E-state index is 0.0793. The molecule has 0 unspecified atom stereocenters. The van der Waals surface area contributed by atoms with E-state index in [1.54, 1.807) is 6.21 Å². The molecular weight excluding hydrogens is 348 g/mol. The van der Waals surface area contributed by atoms with Crippen molar-refractivity contribution in [2.45, 2.75) is 6.61 Å². The van der Waals surface area contributed by atoms with E-state index in [-0.39, 0.29) is 18.3 Å². The van der Waals surface area contributed by atoms with Gasteiger partial charge in [0.2, 0.25) is 5.91 Å². The Bertz CT molecular complexity index is 838. The lowest BCUT2D eigenvalue weighted by Crippen LogP contribution is -2.19. The maximum absolute atomic E-state index is 13.1. The maximum atomic E-state index is 13.1. The van der Waals surface area contributed by atoms with Crippen LogP contribution in [0.25, 0.3) is 0 Å². The molecule has 0 saturated carbocycles. The lowest BCUT2D eigenvalue weighted by atomic mass is 10.1. The fraction of sp³-hybridized carbons (Fsp3) is 0.118. The van der Waals surface area contributed by atoms with Crippen LogP contribution in [0.4, 0.5) is 8.78 Å². The van der Waals surface area contributed by atoms with Crippen molar-refractivity contribution >= 4 is 29.1 Å². The predicted molar refractivity (Wildman–Crippen MR) is 92.8 cm³/mol. The minimum Gasteiger partial charge on any atom is -0.489 e. The number of hydrogen-bond donors (Lipinski definition) is 1. The molecule has 0 bridgehead atoms. The van der Waals surface area contributed by atoms with E-state index in [0.29, 0.717) is 10.9 Å². The summed E-state index contributed by atoms with van der Waals surface area (Å²) < 4.78 is 31.4. The largest absolute Gasteiger partial charge is 0.489 e. The topological polar surface area (TPSA) is 63.0 Å². The molecule has 1 aliphatic rings. The molecule has 25 heavy (non-hydrogen) atoms. The number of hydrogen-bond acceptors (Lipinski definition) is 5. The van der Waals surface area contributed by atoms with Gasteiger partial charge in [0.15, 0.2) is 16.8 Å². The first-order valence-electron chi connectivity index (χ1n) is 7.30. The van der Waals surface area contributed by atoms with E-state index in [0.717, 1.165) is 23.3 Å². The first kappa shape index (κ1) is 17.1. The van der Waals surface area contributed by atoms with E-state index in [1.165, 1.54) is 17.8 Å². The summed E-state index contributed by atoms with van der Waals surface area (Å²) in [5.41, 5.74) is 1.70. The van der Waals surface area contributed by atoms with Crippen molar-refractivity contribution in [3.05, 3.63) is 65.2 Å². The summed E-state index contributed by atoms with van der Waals surface area (Å²) >= 11 is 1.30. The van der Waals surface area contributed by atoms with Crippen molar-refractivity contribution in [3.8, 4) is 5.75 Å². The van der Waals surface area contributed by atoms with Crippen LogP contribution >= 0.6 is 11.8 Å². The number of amides is 1. The molecule has 1 fully saturated rings. The van der Waals surface area contributed by atoms with Gasteiger partial charge in [-0.2, -0.15) is 5.10 Å². The normalized spacial score (nSPS) is 15.8. The number of ether oxygens (including phenoxy) is 1. The van der Waals surface area contributed by atoms with Gasteiger partial charge in [-0.05, 0) is 23.3 Å². The Hall–Kier alpha value is -2.74. The fourth-order valence-electron chi connectivity index (χ4n) is 1.96. The SMILES string of the molecule is O=C1CSC(=NN=Cc2ccc(COc3ccc(F)c(F)c3)cc2)N1.